The van der Waals surface area contributed by atoms with Crippen molar-refractivity contribution in [2.45, 2.75) is 13.1 Å². The highest BCUT2D eigenvalue weighted by Crippen LogP contribution is 2.34. The number of imide groups is 1. The summed E-state index contributed by atoms with van der Waals surface area (Å²) in [4.78, 5) is 30.7. The molecule has 0 atom stereocenters. The fourth-order valence-electron chi connectivity index (χ4n) is 3.55. The maximum Gasteiger partial charge on any atom is 0.278 e. The van der Waals surface area contributed by atoms with Gasteiger partial charge in [0.15, 0.2) is 0 Å². The topological polar surface area (TPSA) is 49.9 Å². The standard InChI is InChI=1S/C24H22N2O3S/c1-25(15-17-7-4-3-5-8-17)22-21(20-9-6-14-30-20)23(27)26(24(22)28)16-18-10-12-19(29-2)13-11-18/h3-14H,15-16H2,1-2H3. The van der Waals surface area contributed by atoms with Gasteiger partial charge in [0.25, 0.3) is 11.8 Å². The van der Waals surface area contributed by atoms with Crippen molar-refractivity contribution in [3.8, 4) is 5.75 Å². The van der Waals surface area contributed by atoms with Crippen LogP contribution >= 0.6 is 11.3 Å². The highest BCUT2D eigenvalue weighted by molar-refractivity contribution is 7.11. The molecule has 2 heterocycles. The molecule has 2 aromatic carbocycles. The second kappa shape index (κ2) is 8.55. The first-order valence-electron chi connectivity index (χ1n) is 9.61. The van der Waals surface area contributed by atoms with E-state index in [2.05, 4.69) is 0 Å². The fourth-order valence-corrected chi connectivity index (χ4v) is 4.32. The number of carbonyl (C=O) groups excluding carboxylic acids is 2. The molecule has 152 valence electrons. The molecule has 0 N–H and O–H groups in total. The van der Waals surface area contributed by atoms with Crippen molar-refractivity contribution in [2.24, 2.45) is 0 Å². The van der Waals surface area contributed by atoms with Gasteiger partial charge in [-0.15, -0.1) is 11.3 Å². The molecule has 0 saturated carbocycles. The summed E-state index contributed by atoms with van der Waals surface area (Å²) in [6.45, 7) is 0.764. The smallest absolute Gasteiger partial charge is 0.278 e. The van der Waals surface area contributed by atoms with Crippen molar-refractivity contribution < 1.29 is 14.3 Å². The fraction of sp³-hybridized carbons (Fsp3) is 0.167. The van der Waals surface area contributed by atoms with Crippen LogP contribution in [0.4, 0.5) is 0 Å². The molecule has 0 spiro atoms. The van der Waals surface area contributed by atoms with E-state index in [1.54, 1.807) is 7.11 Å². The van der Waals surface area contributed by atoms with Gasteiger partial charge in [-0.2, -0.15) is 0 Å². The van der Waals surface area contributed by atoms with Crippen LogP contribution in [0.25, 0.3) is 5.57 Å². The van der Waals surface area contributed by atoms with Gasteiger partial charge in [0.05, 0.1) is 19.2 Å². The Morgan fingerprint density at radius 2 is 1.63 bits per heavy atom. The normalized spacial score (nSPS) is 13.9. The quantitative estimate of drug-likeness (QED) is 0.541. The zero-order chi connectivity index (χ0) is 21.1. The molecule has 1 aliphatic heterocycles. The van der Waals surface area contributed by atoms with Gasteiger partial charge in [-0.1, -0.05) is 48.5 Å². The van der Waals surface area contributed by atoms with Crippen LogP contribution in [-0.4, -0.2) is 35.8 Å². The Morgan fingerprint density at radius 3 is 2.27 bits per heavy atom. The van der Waals surface area contributed by atoms with Gasteiger partial charge >= 0.3 is 0 Å². The minimum absolute atomic E-state index is 0.221. The van der Waals surface area contributed by atoms with Crippen molar-refractivity contribution >= 4 is 28.7 Å². The van der Waals surface area contributed by atoms with Crippen molar-refractivity contribution in [1.82, 2.24) is 9.80 Å². The van der Waals surface area contributed by atoms with Crippen molar-refractivity contribution in [3.63, 3.8) is 0 Å². The summed E-state index contributed by atoms with van der Waals surface area (Å²) in [5.74, 6) is 0.212. The molecule has 5 nitrogen and oxygen atoms in total. The largest absolute Gasteiger partial charge is 0.497 e. The summed E-state index contributed by atoms with van der Waals surface area (Å²) in [7, 11) is 3.46. The Hall–Kier alpha value is -3.38. The number of hydrogen-bond acceptors (Lipinski definition) is 5. The summed E-state index contributed by atoms with van der Waals surface area (Å²) >= 11 is 1.47. The number of nitrogens with zero attached hydrogens (tertiary/aromatic N) is 2. The third-order valence-electron chi connectivity index (χ3n) is 5.06. The Labute approximate surface area is 179 Å². The van der Waals surface area contributed by atoms with Crippen molar-refractivity contribution in [3.05, 3.63) is 93.8 Å². The Kier molecular flexibility index (Phi) is 5.68. The summed E-state index contributed by atoms with van der Waals surface area (Å²) in [6.07, 6.45) is 0. The Morgan fingerprint density at radius 1 is 0.900 bits per heavy atom. The predicted molar refractivity (Wildman–Crippen MR) is 118 cm³/mol. The minimum atomic E-state index is -0.266. The lowest BCUT2D eigenvalue weighted by atomic mass is 10.1. The average Bonchev–Trinajstić information content (AvgIpc) is 3.37. The van der Waals surface area contributed by atoms with Gasteiger partial charge in [0.2, 0.25) is 0 Å². The molecular weight excluding hydrogens is 396 g/mol. The summed E-state index contributed by atoms with van der Waals surface area (Å²) in [6, 6.07) is 21.1. The molecule has 1 aromatic heterocycles. The van der Waals surface area contributed by atoms with Gasteiger partial charge in [0.1, 0.15) is 11.4 Å². The van der Waals surface area contributed by atoms with E-state index >= 15 is 0 Å². The third kappa shape index (κ3) is 3.86. The van der Waals surface area contributed by atoms with Crippen LogP contribution in [0.1, 0.15) is 16.0 Å². The number of rotatable bonds is 7. The van der Waals surface area contributed by atoms with E-state index in [1.807, 2.05) is 84.1 Å². The molecule has 0 saturated heterocycles. The maximum absolute atomic E-state index is 13.4. The first-order valence-corrected chi connectivity index (χ1v) is 10.5. The van der Waals surface area contributed by atoms with Gasteiger partial charge < -0.3 is 9.64 Å². The van der Waals surface area contributed by atoms with Crippen LogP contribution in [0, 0.1) is 0 Å². The van der Waals surface area contributed by atoms with Gasteiger partial charge in [0, 0.05) is 18.5 Å². The lowest BCUT2D eigenvalue weighted by Crippen LogP contribution is -2.33. The second-order valence-electron chi connectivity index (χ2n) is 7.09. The SMILES string of the molecule is COc1ccc(CN2C(=O)C(c3cccs3)=C(N(C)Cc3ccccc3)C2=O)cc1. The molecule has 30 heavy (non-hydrogen) atoms. The third-order valence-corrected chi connectivity index (χ3v) is 5.94. The first-order chi connectivity index (χ1) is 14.6. The number of thiophene rings is 1. The zero-order valence-corrected chi connectivity index (χ0v) is 17.7. The Bertz CT molecular complexity index is 1070. The van der Waals surface area contributed by atoms with Crippen LogP contribution in [0.15, 0.2) is 77.8 Å². The minimum Gasteiger partial charge on any atom is -0.497 e. The van der Waals surface area contributed by atoms with Gasteiger partial charge in [-0.05, 0) is 34.7 Å². The number of benzene rings is 2. The average molecular weight is 419 g/mol. The van der Waals surface area contributed by atoms with E-state index in [4.69, 9.17) is 4.74 Å². The molecule has 0 radical (unpaired) electrons. The highest BCUT2D eigenvalue weighted by Gasteiger charge is 2.41. The molecule has 6 heteroatoms. The van der Waals surface area contributed by atoms with Crippen LogP contribution in [-0.2, 0) is 22.7 Å². The molecule has 4 rings (SSSR count). The molecule has 0 aliphatic carbocycles. The number of ether oxygens (including phenoxy) is 1. The zero-order valence-electron chi connectivity index (χ0n) is 16.9. The number of likely N-dealkylation sites (N-methyl/N-ethyl adjacent to an activating group) is 1. The number of methoxy groups -OCH3 is 1. The molecule has 1 aliphatic rings. The molecule has 0 unspecified atom stereocenters. The number of hydrogen-bond donors (Lipinski definition) is 0. The lowest BCUT2D eigenvalue weighted by Gasteiger charge is -2.21. The van der Waals surface area contributed by atoms with E-state index in [0.717, 1.165) is 21.8 Å². The van der Waals surface area contributed by atoms with Gasteiger partial charge in [-0.25, -0.2) is 0 Å². The monoisotopic (exact) mass is 418 g/mol. The first kappa shape index (κ1) is 19.9. The molecule has 3 aromatic rings. The second-order valence-corrected chi connectivity index (χ2v) is 8.03. The highest BCUT2D eigenvalue weighted by atomic mass is 32.1. The lowest BCUT2D eigenvalue weighted by molar-refractivity contribution is -0.138. The number of carbonyl (C=O) groups is 2. The van der Waals surface area contributed by atoms with Crippen LogP contribution in [0.5, 0.6) is 5.75 Å². The molecule has 2 amide bonds. The van der Waals surface area contributed by atoms with E-state index in [9.17, 15) is 9.59 Å². The van der Waals surface area contributed by atoms with E-state index < -0.39 is 0 Å². The maximum atomic E-state index is 13.4. The van der Waals surface area contributed by atoms with Crippen LogP contribution in [0.2, 0.25) is 0 Å². The van der Waals surface area contributed by atoms with Gasteiger partial charge in [-0.3, -0.25) is 14.5 Å². The van der Waals surface area contributed by atoms with E-state index in [-0.39, 0.29) is 18.4 Å². The molecule has 0 fully saturated rings. The molecular formula is C24H22N2O3S. The number of amides is 2. The summed E-state index contributed by atoms with van der Waals surface area (Å²) in [5.41, 5.74) is 2.86. The molecule has 0 bridgehead atoms. The van der Waals surface area contributed by atoms with E-state index in [0.29, 0.717) is 17.8 Å². The predicted octanol–water partition coefficient (Wildman–Crippen LogP) is 4.17. The van der Waals surface area contributed by atoms with Crippen molar-refractivity contribution in [2.75, 3.05) is 14.2 Å². The van der Waals surface area contributed by atoms with Crippen LogP contribution < -0.4 is 4.74 Å². The van der Waals surface area contributed by atoms with Crippen LogP contribution in [0.3, 0.4) is 0 Å². The Balaban J connectivity index is 1.65. The summed E-state index contributed by atoms with van der Waals surface area (Å²) in [5, 5.41) is 1.92. The summed E-state index contributed by atoms with van der Waals surface area (Å²) < 4.78 is 5.19. The van der Waals surface area contributed by atoms with E-state index in [1.165, 1.54) is 16.2 Å². The van der Waals surface area contributed by atoms with Crippen molar-refractivity contribution in [1.29, 1.82) is 0 Å².